The van der Waals surface area contributed by atoms with Gasteiger partial charge in [-0.3, -0.25) is 4.79 Å². The van der Waals surface area contributed by atoms with Crippen molar-refractivity contribution in [1.29, 1.82) is 0 Å². The molecule has 1 saturated heterocycles. The second-order valence-electron chi connectivity index (χ2n) is 7.11. The molecule has 34 heavy (non-hydrogen) atoms. The Labute approximate surface area is 192 Å². The second kappa shape index (κ2) is 12.0. The number of amides is 1. The van der Waals surface area contributed by atoms with Gasteiger partial charge >= 0.3 is 18.1 Å². The van der Waals surface area contributed by atoms with Crippen LogP contribution in [0.15, 0.2) is 48.5 Å². The van der Waals surface area contributed by atoms with Crippen LogP contribution in [0.1, 0.15) is 20.7 Å². The Balaban J connectivity index is 0.000000509. The first-order valence-electron chi connectivity index (χ1n) is 9.93. The van der Waals surface area contributed by atoms with Gasteiger partial charge in [-0.2, -0.15) is 13.2 Å². The van der Waals surface area contributed by atoms with E-state index in [2.05, 4.69) is 5.32 Å². The van der Waals surface area contributed by atoms with E-state index in [9.17, 15) is 27.9 Å². The number of carbonyl (C=O) groups excluding carboxylic acids is 1. The van der Waals surface area contributed by atoms with Crippen LogP contribution in [0, 0.1) is 0 Å². The Kier molecular flexibility index (Phi) is 9.39. The third kappa shape index (κ3) is 8.05. The fourth-order valence-electron chi connectivity index (χ4n) is 2.96. The fraction of sp³-hybridized carbons (Fsp3) is 0.318. The molecule has 0 saturated carbocycles. The van der Waals surface area contributed by atoms with Crippen LogP contribution in [0.5, 0.6) is 0 Å². The van der Waals surface area contributed by atoms with Crippen LogP contribution in [-0.4, -0.2) is 73.8 Å². The Hall–Kier alpha value is -3.64. The normalized spacial score (nSPS) is 15.5. The molecular weight excluding hydrogens is 461 g/mol. The summed E-state index contributed by atoms with van der Waals surface area (Å²) in [6, 6.07) is 13.6. The summed E-state index contributed by atoms with van der Waals surface area (Å²) in [4.78, 5) is 34.7. The number of halogens is 3. The van der Waals surface area contributed by atoms with Crippen molar-refractivity contribution in [3.8, 4) is 0 Å². The smallest absolute Gasteiger partial charge is 0.478 e. The molecule has 12 heteroatoms. The summed E-state index contributed by atoms with van der Waals surface area (Å²) in [5.74, 6) is -4.11. The lowest BCUT2D eigenvalue weighted by atomic mass is 10.1. The lowest BCUT2D eigenvalue weighted by molar-refractivity contribution is -0.192. The zero-order valence-electron chi connectivity index (χ0n) is 18.0. The Morgan fingerprint density at radius 1 is 1.09 bits per heavy atom. The lowest BCUT2D eigenvalue weighted by Gasteiger charge is -2.29. The molecule has 0 aromatic heterocycles. The molecule has 1 amide bonds. The minimum Gasteiger partial charge on any atom is -0.478 e. The molecule has 1 fully saturated rings. The number of nitrogens with zero attached hydrogens (tertiary/aromatic N) is 1. The molecule has 3 N–H and O–H groups in total. The Morgan fingerprint density at radius 3 is 2.26 bits per heavy atom. The van der Waals surface area contributed by atoms with Gasteiger partial charge in [-0.15, -0.1) is 0 Å². The van der Waals surface area contributed by atoms with E-state index in [4.69, 9.17) is 19.4 Å². The molecule has 184 valence electrons. The molecule has 1 aliphatic rings. The first-order valence-corrected chi connectivity index (χ1v) is 9.93. The summed E-state index contributed by atoms with van der Waals surface area (Å²) in [6.45, 7) is 2.11. The second-order valence-corrected chi connectivity index (χ2v) is 7.11. The number of carboxylic acids is 2. The number of likely N-dealkylation sites (N-methyl/N-ethyl adjacent to an activating group) is 1. The quantitative estimate of drug-likeness (QED) is 0.571. The number of hydrogen-bond donors (Lipinski definition) is 3. The van der Waals surface area contributed by atoms with E-state index in [-0.39, 0.29) is 17.6 Å². The predicted molar refractivity (Wildman–Crippen MR) is 115 cm³/mol. The topological polar surface area (TPSA) is 125 Å². The standard InChI is InChI=1S/C20H22N2O5.C2HF3O2/c1-22(12-16-13-26-9-10-27-16)18-8-7-15(11-17(18)20(24)25)21-19(23)14-5-3-2-4-6-14;3-2(4,5)1(6)7/h2-8,11,16H,9-10,12-13H2,1H3,(H,21,23)(H,24,25);(H,6,7). The molecule has 1 aliphatic heterocycles. The average Bonchev–Trinajstić information content (AvgIpc) is 2.80. The van der Waals surface area contributed by atoms with Crippen molar-refractivity contribution in [1.82, 2.24) is 0 Å². The number of aromatic carboxylic acids is 1. The number of nitrogens with one attached hydrogen (secondary N) is 1. The number of alkyl halides is 3. The number of aliphatic carboxylic acids is 1. The van der Waals surface area contributed by atoms with Crippen molar-refractivity contribution >= 4 is 29.2 Å². The number of carbonyl (C=O) groups is 3. The number of benzene rings is 2. The van der Waals surface area contributed by atoms with Crippen molar-refractivity contribution in [3.63, 3.8) is 0 Å². The molecule has 2 aromatic carbocycles. The molecule has 0 radical (unpaired) electrons. The first-order chi connectivity index (χ1) is 16.0. The van der Waals surface area contributed by atoms with Crippen LogP contribution in [0.3, 0.4) is 0 Å². The van der Waals surface area contributed by atoms with Crippen LogP contribution < -0.4 is 10.2 Å². The number of ether oxygens (including phenoxy) is 2. The van der Waals surface area contributed by atoms with Gasteiger partial charge in [-0.05, 0) is 30.3 Å². The van der Waals surface area contributed by atoms with E-state index in [1.165, 1.54) is 6.07 Å². The molecule has 9 nitrogen and oxygen atoms in total. The van der Waals surface area contributed by atoms with Gasteiger partial charge < -0.3 is 29.9 Å². The number of anilines is 2. The lowest BCUT2D eigenvalue weighted by Crippen LogP contribution is -2.38. The van der Waals surface area contributed by atoms with Gasteiger partial charge in [0.05, 0.1) is 37.2 Å². The van der Waals surface area contributed by atoms with Gasteiger partial charge in [0.2, 0.25) is 0 Å². The monoisotopic (exact) mass is 484 g/mol. The van der Waals surface area contributed by atoms with E-state index in [1.54, 1.807) is 36.4 Å². The van der Waals surface area contributed by atoms with Crippen molar-refractivity contribution in [3.05, 3.63) is 59.7 Å². The molecule has 3 rings (SSSR count). The van der Waals surface area contributed by atoms with E-state index in [0.717, 1.165) is 0 Å². The maximum atomic E-state index is 12.3. The summed E-state index contributed by atoms with van der Waals surface area (Å²) in [5.41, 5.74) is 1.59. The van der Waals surface area contributed by atoms with Crippen LogP contribution in [0.25, 0.3) is 0 Å². The average molecular weight is 484 g/mol. The summed E-state index contributed by atoms with van der Waals surface area (Å²) >= 11 is 0. The molecule has 0 bridgehead atoms. The summed E-state index contributed by atoms with van der Waals surface area (Å²) in [6.07, 6.45) is -5.19. The zero-order valence-corrected chi connectivity index (χ0v) is 18.0. The van der Waals surface area contributed by atoms with Gasteiger partial charge in [-0.25, -0.2) is 9.59 Å². The summed E-state index contributed by atoms with van der Waals surface area (Å²) in [7, 11) is 1.81. The highest BCUT2D eigenvalue weighted by Gasteiger charge is 2.38. The molecule has 0 spiro atoms. The van der Waals surface area contributed by atoms with Crippen molar-refractivity contribution < 1.29 is 47.2 Å². The summed E-state index contributed by atoms with van der Waals surface area (Å²) < 4.78 is 42.7. The van der Waals surface area contributed by atoms with E-state index < -0.39 is 18.1 Å². The van der Waals surface area contributed by atoms with Crippen molar-refractivity contribution in [2.75, 3.05) is 43.6 Å². The molecule has 1 atom stereocenters. The van der Waals surface area contributed by atoms with Gasteiger partial charge in [0.1, 0.15) is 0 Å². The minimum absolute atomic E-state index is 0.108. The van der Waals surface area contributed by atoms with Crippen LogP contribution in [0.2, 0.25) is 0 Å². The third-order valence-corrected chi connectivity index (χ3v) is 4.54. The molecule has 1 unspecified atom stereocenters. The van der Waals surface area contributed by atoms with Crippen LogP contribution in [-0.2, 0) is 14.3 Å². The molecule has 2 aromatic rings. The molecular formula is C22H23F3N2O7. The van der Waals surface area contributed by atoms with Gasteiger partial charge in [0.15, 0.2) is 0 Å². The van der Waals surface area contributed by atoms with Crippen LogP contribution in [0.4, 0.5) is 24.5 Å². The first kappa shape index (κ1) is 26.6. The summed E-state index contributed by atoms with van der Waals surface area (Å²) in [5, 5.41) is 19.5. The third-order valence-electron chi connectivity index (χ3n) is 4.54. The Morgan fingerprint density at radius 2 is 1.74 bits per heavy atom. The molecule has 1 heterocycles. The predicted octanol–water partition coefficient (Wildman–Crippen LogP) is 3.12. The number of carboxylic acid groups (broad SMARTS) is 2. The zero-order chi connectivity index (χ0) is 25.3. The highest BCUT2D eigenvalue weighted by molar-refractivity contribution is 6.05. The van der Waals surface area contributed by atoms with Crippen molar-refractivity contribution in [2.24, 2.45) is 0 Å². The van der Waals surface area contributed by atoms with Gasteiger partial charge in [-0.1, -0.05) is 18.2 Å². The van der Waals surface area contributed by atoms with Crippen LogP contribution >= 0.6 is 0 Å². The highest BCUT2D eigenvalue weighted by Crippen LogP contribution is 2.25. The van der Waals surface area contributed by atoms with E-state index >= 15 is 0 Å². The van der Waals surface area contributed by atoms with Gasteiger partial charge in [0, 0.05) is 24.8 Å². The molecule has 0 aliphatic carbocycles. The maximum absolute atomic E-state index is 12.3. The number of rotatable bonds is 6. The maximum Gasteiger partial charge on any atom is 0.490 e. The Bertz CT molecular complexity index is 994. The van der Waals surface area contributed by atoms with Crippen molar-refractivity contribution in [2.45, 2.75) is 12.3 Å². The van der Waals surface area contributed by atoms with E-state index in [1.807, 2.05) is 18.0 Å². The SMILES string of the molecule is CN(CC1COCCO1)c1ccc(NC(=O)c2ccccc2)cc1C(=O)O.O=C(O)C(F)(F)F. The largest absolute Gasteiger partial charge is 0.490 e. The fourth-order valence-corrected chi connectivity index (χ4v) is 2.96. The highest BCUT2D eigenvalue weighted by atomic mass is 19.4. The van der Waals surface area contributed by atoms with E-state index in [0.29, 0.717) is 43.3 Å². The minimum atomic E-state index is -5.08. The number of hydrogen-bond acceptors (Lipinski definition) is 6. The van der Waals surface area contributed by atoms with Gasteiger partial charge in [0.25, 0.3) is 5.91 Å².